The van der Waals surface area contributed by atoms with Crippen molar-refractivity contribution in [2.45, 2.75) is 0 Å². The number of hydrogen-bond donors (Lipinski definition) is 0. The second-order valence-electron chi connectivity index (χ2n) is 4.76. The van der Waals surface area contributed by atoms with Gasteiger partial charge in [-0.3, -0.25) is 9.78 Å². The van der Waals surface area contributed by atoms with Crippen molar-refractivity contribution < 1.29 is 13.9 Å². The van der Waals surface area contributed by atoms with Crippen molar-refractivity contribution in [3.8, 4) is 17.6 Å². The van der Waals surface area contributed by atoms with Crippen molar-refractivity contribution in [2.75, 3.05) is 21.2 Å². The van der Waals surface area contributed by atoms with E-state index in [4.69, 9.17) is 4.74 Å². The zero-order chi connectivity index (χ0) is 16.1. The van der Waals surface area contributed by atoms with Gasteiger partial charge in [0.25, 0.3) is 5.91 Å². The van der Waals surface area contributed by atoms with Crippen molar-refractivity contribution in [1.29, 1.82) is 0 Å². The minimum absolute atomic E-state index is 0.000525. The lowest BCUT2D eigenvalue weighted by atomic mass is 10.1. The molecule has 0 N–H and O–H groups in total. The molecule has 1 aromatic carbocycles. The number of pyridine rings is 1. The summed E-state index contributed by atoms with van der Waals surface area (Å²) in [5.41, 5.74) is 1.22. The Morgan fingerprint density at radius 2 is 1.91 bits per heavy atom. The molecule has 0 aliphatic rings. The summed E-state index contributed by atoms with van der Waals surface area (Å²) in [7, 11) is 4.69. The number of ether oxygens (including phenoxy) is 1. The van der Waals surface area contributed by atoms with Gasteiger partial charge in [-0.2, -0.15) is 0 Å². The largest absolute Gasteiger partial charge is 0.495 e. The van der Waals surface area contributed by atoms with Gasteiger partial charge < -0.3 is 9.64 Å². The van der Waals surface area contributed by atoms with Crippen molar-refractivity contribution in [1.82, 2.24) is 9.88 Å². The van der Waals surface area contributed by atoms with E-state index < -0.39 is 11.7 Å². The van der Waals surface area contributed by atoms with Crippen molar-refractivity contribution >= 4 is 5.91 Å². The van der Waals surface area contributed by atoms with Gasteiger partial charge in [0.2, 0.25) is 0 Å². The van der Waals surface area contributed by atoms with Gasteiger partial charge in [-0.15, -0.1) is 0 Å². The topological polar surface area (TPSA) is 42.4 Å². The van der Waals surface area contributed by atoms with Crippen LogP contribution in [0.1, 0.15) is 21.5 Å². The standard InChI is InChI=1S/C17H15FN2O2/c1-20(2)17(21)15-9-12(6-7-16(15)18)4-5-13-8-14(22-3)11-19-10-13/h6-11H,1-3H3. The highest BCUT2D eigenvalue weighted by Gasteiger charge is 2.13. The summed E-state index contributed by atoms with van der Waals surface area (Å²) in [6, 6.07) is 5.96. The van der Waals surface area contributed by atoms with Gasteiger partial charge in [-0.25, -0.2) is 4.39 Å². The van der Waals surface area contributed by atoms with Gasteiger partial charge in [0.1, 0.15) is 11.6 Å². The number of aromatic nitrogens is 1. The van der Waals surface area contributed by atoms with Gasteiger partial charge in [-0.1, -0.05) is 11.8 Å². The number of carbonyl (C=O) groups is 1. The van der Waals surface area contributed by atoms with E-state index in [9.17, 15) is 9.18 Å². The van der Waals surface area contributed by atoms with Gasteiger partial charge in [0.05, 0.1) is 18.9 Å². The lowest BCUT2D eigenvalue weighted by Gasteiger charge is -2.10. The SMILES string of the molecule is COc1cncc(C#Cc2ccc(F)c(C(=O)N(C)C)c2)c1. The molecule has 1 amide bonds. The number of hydrogen-bond acceptors (Lipinski definition) is 3. The first kappa shape index (κ1) is 15.5. The molecule has 0 aliphatic heterocycles. The molecule has 0 aliphatic carbocycles. The fourth-order valence-corrected chi connectivity index (χ4v) is 1.75. The first-order valence-electron chi connectivity index (χ1n) is 6.53. The molecule has 2 rings (SSSR count). The predicted molar refractivity (Wildman–Crippen MR) is 81.2 cm³/mol. The number of amides is 1. The molecule has 0 atom stereocenters. The number of rotatable bonds is 2. The molecule has 112 valence electrons. The molecule has 0 unspecified atom stereocenters. The Hall–Kier alpha value is -2.87. The van der Waals surface area contributed by atoms with E-state index in [0.717, 1.165) is 0 Å². The molecule has 0 saturated heterocycles. The Kier molecular flexibility index (Phi) is 4.74. The number of halogens is 1. The summed E-state index contributed by atoms with van der Waals surface area (Å²) in [5.74, 6) is 5.45. The third-order valence-electron chi connectivity index (χ3n) is 2.90. The molecule has 0 spiro atoms. The summed E-state index contributed by atoms with van der Waals surface area (Å²) in [6.45, 7) is 0. The van der Waals surface area contributed by atoms with Crippen LogP contribution in [0, 0.1) is 17.7 Å². The Morgan fingerprint density at radius 1 is 1.18 bits per heavy atom. The lowest BCUT2D eigenvalue weighted by Crippen LogP contribution is -2.22. The highest BCUT2D eigenvalue weighted by molar-refractivity contribution is 5.94. The molecule has 2 aromatic rings. The summed E-state index contributed by atoms with van der Waals surface area (Å²) < 4.78 is 18.8. The van der Waals surface area contributed by atoms with E-state index in [0.29, 0.717) is 16.9 Å². The Morgan fingerprint density at radius 3 is 2.59 bits per heavy atom. The summed E-state index contributed by atoms with van der Waals surface area (Å²) in [4.78, 5) is 17.2. The van der Waals surface area contributed by atoms with Crippen molar-refractivity contribution in [2.24, 2.45) is 0 Å². The number of carbonyl (C=O) groups excluding carboxylic acids is 1. The molecule has 4 nitrogen and oxygen atoms in total. The minimum atomic E-state index is -0.563. The molecule has 5 heteroatoms. The summed E-state index contributed by atoms with van der Waals surface area (Å²) in [6.07, 6.45) is 3.18. The fourth-order valence-electron chi connectivity index (χ4n) is 1.75. The van der Waals surface area contributed by atoms with Gasteiger partial charge in [0.15, 0.2) is 0 Å². The predicted octanol–water partition coefficient (Wildman–Crippen LogP) is 2.33. The van der Waals surface area contributed by atoms with Crippen LogP contribution in [0.4, 0.5) is 4.39 Å². The maximum atomic E-state index is 13.7. The average Bonchev–Trinajstić information content (AvgIpc) is 2.53. The highest BCUT2D eigenvalue weighted by atomic mass is 19.1. The van der Waals surface area contributed by atoms with Crippen LogP contribution in [0.15, 0.2) is 36.7 Å². The monoisotopic (exact) mass is 298 g/mol. The smallest absolute Gasteiger partial charge is 0.256 e. The number of nitrogens with zero attached hydrogens (tertiary/aromatic N) is 2. The van der Waals surface area contributed by atoms with Crippen LogP contribution in [-0.4, -0.2) is 37.0 Å². The maximum absolute atomic E-state index is 13.7. The number of benzene rings is 1. The molecule has 0 radical (unpaired) electrons. The average molecular weight is 298 g/mol. The fraction of sp³-hybridized carbons (Fsp3) is 0.176. The molecular formula is C17H15FN2O2. The van der Waals surface area contributed by atoms with E-state index >= 15 is 0 Å². The molecular weight excluding hydrogens is 283 g/mol. The van der Waals surface area contributed by atoms with Crippen molar-refractivity contribution in [3.63, 3.8) is 0 Å². The van der Waals surface area contributed by atoms with Gasteiger partial charge in [-0.05, 0) is 24.3 Å². The Labute approximate surface area is 128 Å². The summed E-state index contributed by atoms with van der Waals surface area (Å²) in [5, 5.41) is 0. The third kappa shape index (κ3) is 3.61. The van der Waals surface area contributed by atoms with Crippen LogP contribution in [-0.2, 0) is 0 Å². The van der Waals surface area contributed by atoms with Crippen LogP contribution in [0.5, 0.6) is 5.75 Å². The minimum Gasteiger partial charge on any atom is -0.495 e. The van der Waals surface area contributed by atoms with Crippen LogP contribution in [0.2, 0.25) is 0 Å². The maximum Gasteiger partial charge on any atom is 0.256 e. The van der Waals surface area contributed by atoms with E-state index in [1.165, 1.54) is 23.1 Å². The van der Waals surface area contributed by atoms with E-state index in [1.54, 1.807) is 39.7 Å². The van der Waals surface area contributed by atoms with Crippen LogP contribution < -0.4 is 4.74 Å². The van der Waals surface area contributed by atoms with E-state index in [1.807, 2.05) is 0 Å². The quantitative estimate of drug-likeness (QED) is 0.799. The number of methoxy groups -OCH3 is 1. The Bertz CT molecular complexity index is 761. The highest BCUT2D eigenvalue weighted by Crippen LogP contribution is 2.13. The van der Waals surface area contributed by atoms with Gasteiger partial charge >= 0.3 is 0 Å². The molecule has 1 heterocycles. The lowest BCUT2D eigenvalue weighted by molar-refractivity contribution is 0.0823. The first-order chi connectivity index (χ1) is 10.5. The first-order valence-corrected chi connectivity index (χ1v) is 6.53. The van der Waals surface area contributed by atoms with E-state index in [2.05, 4.69) is 16.8 Å². The second kappa shape index (κ2) is 6.72. The zero-order valence-electron chi connectivity index (χ0n) is 12.6. The molecule has 22 heavy (non-hydrogen) atoms. The zero-order valence-corrected chi connectivity index (χ0v) is 12.6. The third-order valence-corrected chi connectivity index (χ3v) is 2.90. The van der Waals surface area contributed by atoms with Crippen LogP contribution in [0.3, 0.4) is 0 Å². The van der Waals surface area contributed by atoms with Crippen LogP contribution in [0.25, 0.3) is 0 Å². The van der Waals surface area contributed by atoms with Crippen LogP contribution >= 0.6 is 0 Å². The molecule has 0 fully saturated rings. The normalized spacial score (nSPS) is 9.64. The van der Waals surface area contributed by atoms with Crippen molar-refractivity contribution in [3.05, 3.63) is 59.2 Å². The molecule has 0 saturated carbocycles. The molecule has 0 bridgehead atoms. The Balaban J connectivity index is 2.33. The van der Waals surface area contributed by atoms with E-state index in [-0.39, 0.29) is 5.56 Å². The molecule has 1 aromatic heterocycles. The van der Waals surface area contributed by atoms with Gasteiger partial charge in [0, 0.05) is 31.4 Å². The summed E-state index contributed by atoms with van der Waals surface area (Å²) >= 11 is 0. The second-order valence-corrected chi connectivity index (χ2v) is 4.76.